The second kappa shape index (κ2) is 7.77. The molecule has 0 spiro atoms. The zero-order chi connectivity index (χ0) is 19.5. The van der Waals surface area contributed by atoms with E-state index >= 15 is 0 Å². The molecule has 1 amide bonds. The summed E-state index contributed by atoms with van der Waals surface area (Å²) in [5, 5.41) is 13.8. The number of carbonyl (C=O) groups excluding carboxylic acids is 1. The number of nitrogens with one attached hydrogen (secondary N) is 1. The minimum absolute atomic E-state index is 0.158. The number of aromatic nitrogens is 5. The largest absolute Gasteiger partial charge is 0.321 e. The quantitative estimate of drug-likeness (QED) is 0.521. The molecule has 1 atom stereocenters. The van der Waals surface area contributed by atoms with Gasteiger partial charge in [-0.1, -0.05) is 23.9 Å². The lowest BCUT2D eigenvalue weighted by molar-refractivity contribution is 0.102. The predicted octanol–water partition coefficient (Wildman–Crippen LogP) is 3.86. The fourth-order valence-electron chi connectivity index (χ4n) is 2.77. The van der Waals surface area contributed by atoms with Gasteiger partial charge in [-0.25, -0.2) is 0 Å². The van der Waals surface area contributed by atoms with Crippen LogP contribution in [0.5, 0.6) is 0 Å². The molecule has 0 radical (unpaired) electrons. The molecule has 0 saturated heterocycles. The highest BCUT2D eigenvalue weighted by Gasteiger charge is 2.13. The van der Waals surface area contributed by atoms with Gasteiger partial charge in [0.15, 0.2) is 5.16 Å². The number of rotatable bonds is 5. The molecule has 140 valence electrons. The van der Waals surface area contributed by atoms with Crippen molar-refractivity contribution in [2.75, 3.05) is 5.32 Å². The third-order valence-corrected chi connectivity index (χ3v) is 5.53. The molecule has 4 rings (SSSR count). The molecule has 1 N–H and O–H groups in total. The van der Waals surface area contributed by atoms with Gasteiger partial charge >= 0.3 is 0 Å². The highest BCUT2D eigenvalue weighted by molar-refractivity contribution is 7.99. The van der Waals surface area contributed by atoms with Crippen LogP contribution in [-0.2, 0) is 7.05 Å². The van der Waals surface area contributed by atoms with Crippen molar-refractivity contribution in [1.82, 2.24) is 24.7 Å². The summed E-state index contributed by atoms with van der Waals surface area (Å²) in [6, 6.07) is 11.4. The van der Waals surface area contributed by atoms with Crippen LogP contribution in [0.4, 0.5) is 5.69 Å². The number of thioether (sulfide) groups is 1. The van der Waals surface area contributed by atoms with E-state index in [4.69, 9.17) is 0 Å². The van der Waals surface area contributed by atoms with Crippen molar-refractivity contribution in [3.8, 4) is 0 Å². The molecule has 0 aliphatic rings. The second-order valence-electron chi connectivity index (χ2n) is 6.36. The maximum Gasteiger partial charge on any atom is 0.274 e. The molecule has 3 aromatic heterocycles. The van der Waals surface area contributed by atoms with Gasteiger partial charge < -0.3 is 9.88 Å². The summed E-state index contributed by atoms with van der Waals surface area (Å²) >= 11 is 1.61. The highest BCUT2D eigenvalue weighted by atomic mass is 32.2. The van der Waals surface area contributed by atoms with Gasteiger partial charge in [0.2, 0.25) is 0 Å². The summed E-state index contributed by atoms with van der Waals surface area (Å²) in [5.74, 6) is -0.246. The molecule has 0 fully saturated rings. The maximum atomic E-state index is 12.6. The van der Waals surface area contributed by atoms with Crippen molar-refractivity contribution in [2.45, 2.75) is 17.3 Å². The van der Waals surface area contributed by atoms with Crippen LogP contribution in [0.15, 0.2) is 66.5 Å². The van der Waals surface area contributed by atoms with E-state index in [0.29, 0.717) is 5.69 Å². The molecule has 28 heavy (non-hydrogen) atoms. The van der Waals surface area contributed by atoms with E-state index in [-0.39, 0.29) is 11.2 Å². The van der Waals surface area contributed by atoms with Gasteiger partial charge in [-0.3, -0.25) is 14.8 Å². The van der Waals surface area contributed by atoms with Crippen LogP contribution < -0.4 is 5.32 Å². The summed E-state index contributed by atoms with van der Waals surface area (Å²) < 4.78 is 1.88. The van der Waals surface area contributed by atoms with Gasteiger partial charge in [0.25, 0.3) is 5.91 Å². The number of fused-ring (bicyclic) bond motifs is 1. The van der Waals surface area contributed by atoms with Crippen molar-refractivity contribution >= 4 is 34.1 Å². The standard InChI is InChI=1S/C20H18N6OS/c1-13(28-20-25-23-12-26(20)2)14-4-3-5-17(8-14)24-19(27)18-9-15-6-7-21-10-16(15)11-22-18/h3-13H,1-2H3,(H,24,27). The third-order valence-electron chi connectivity index (χ3n) is 4.32. The summed E-state index contributed by atoms with van der Waals surface area (Å²) in [4.78, 5) is 20.9. The van der Waals surface area contributed by atoms with E-state index < -0.39 is 0 Å². The van der Waals surface area contributed by atoms with Crippen LogP contribution in [0.2, 0.25) is 0 Å². The van der Waals surface area contributed by atoms with Crippen LogP contribution in [0, 0.1) is 0 Å². The number of hydrogen-bond acceptors (Lipinski definition) is 6. The molecule has 0 aliphatic heterocycles. The monoisotopic (exact) mass is 390 g/mol. The molecule has 3 heterocycles. The normalized spacial score (nSPS) is 12.1. The first-order chi connectivity index (χ1) is 13.6. The van der Waals surface area contributed by atoms with Crippen LogP contribution in [0.25, 0.3) is 10.8 Å². The fourth-order valence-corrected chi connectivity index (χ4v) is 3.68. The first kappa shape index (κ1) is 18.1. The minimum atomic E-state index is -0.246. The van der Waals surface area contributed by atoms with E-state index in [1.165, 1.54) is 0 Å². The lowest BCUT2D eigenvalue weighted by atomic mass is 10.1. The highest BCUT2D eigenvalue weighted by Crippen LogP contribution is 2.34. The SMILES string of the molecule is CC(Sc1nncn1C)c1cccc(NC(=O)c2cc3ccncc3cn2)c1. The molecule has 8 heteroatoms. The summed E-state index contributed by atoms with van der Waals surface area (Å²) in [6.07, 6.45) is 6.76. The smallest absolute Gasteiger partial charge is 0.274 e. The van der Waals surface area contributed by atoms with Gasteiger partial charge in [0.05, 0.1) is 0 Å². The molecule has 0 saturated carbocycles. The van der Waals surface area contributed by atoms with E-state index in [1.807, 2.05) is 41.9 Å². The Bertz CT molecular complexity index is 1140. The Morgan fingerprint density at radius 3 is 2.89 bits per heavy atom. The number of anilines is 1. The number of pyridine rings is 2. The van der Waals surface area contributed by atoms with Gasteiger partial charge in [0, 0.05) is 42.0 Å². The van der Waals surface area contributed by atoms with Gasteiger partial charge in [-0.2, -0.15) is 0 Å². The van der Waals surface area contributed by atoms with E-state index in [1.54, 1.807) is 42.7 Å². The zero-order valence-electron chi connectivity index (χ0n) is 15.4. The Balaban J connectivity index is 1.50. The molecule has 0 bridgehead atoms. The zero-order valence-corrected chi connectivity index (χ0v) is 16.2. The molecular weight excluding hydrogens is 372 g/mol. The Kier molecular flexibility index (Phi) is 5.03. The molecular formula is C20H18N6OS. The third kappa shape index (κ3) is 3.86. The predicted molar refractivity (Wildman–Crippen MR) is 109 cm³/mol. The van der Waals surface area contributed by atoms with Crippen LogP contribution >= 0.6 is 11.8 Å². The Labute approximate surface area is 166 Å². The van der Waals surface area contributed by atoms with Crippen LogP contribution in [0.3, 0.4) is 0 Å². The summed E-state index contributed by atoms with van der Waals surface area (Å²) in [5.41, 5.74) is 2.18. The fraction of sp³-hybridized carbons (Fsp3) is 0.150. The van der Waals surface area contributed by atoms with Gasteiger partial charge in [-0.05, 0) is 42.1 Å². The van der Waals surface area contributed by atoms with E-state index in [9.17, 15) is 4.79 Å². The van der Waals surface area contributed by atoms with Crippen LogP contribution in [-0.4, -0.2) is 30.6 Å². The number of amides is 1. The van der Waals surface area contributed by atoms with Crippen molar-refractivity contribution in [3.63, 3.8) is 0 Å². The van der Waals surface area contributed by atoms with Crippen molar-refractivity contribution in [2.24, 2.45) is 7.05 Å². The Morgan fingerprint density at radius 1 is 1.18 bits per heavy atom. The average Bonchev–Trinajstić information content (AvgIpc) is 3.12. The average molecular weight is 390 g/mol. The Morgan fingerprint density at radius 2 is 2.07 bits per heavy atom. The molecule has 0 aliphatic carbocycles. The van der Waals surface area contributed by atoms with Crippen LogP contribution in [0.1, 0.15) is 28.2 Å². The number of benzene rings is 1. The van der Waals surface area contributed by atoms with Crippen molar-refractivity contribution < 1.29 is 4.79 Å². The molecule has 4 aromatic rings. The number of carbonyl (C=O) groups is 1. The lowest BCUT2D eigenvalue weighted by Crippen LogP contribution is -2.13. The Hall–Kier alpha value is -3.26. The van der Waals surface area contributed by atoms with E-state index in [2.05, 4.69) is 32.4 Å². The second-order valence-corrected chi connectivity index (χ2v) is 7.66. The minimum Gasteiger partial charge on any atom is -0.321 e. The molecule has 1 unspecified atom stereocenters. The topological polar surface area (TPSA) is 85.6 Å². The molecule has 1 aromatic carbocycles. The number of aryl methyl sites for hydroxylation is 1. The van der Waals surface area contributed by atoms with Gasteiger partial charge in [0.1, 0.15) is 12.0 Å². The van der Waals surface area contributed by atoms with Crippen molar-refractivity contribution in [3.05, 3.63) is 72.6 Å². The number of hydrogen-bond donors (Lipinski definition) is 1. The van der Waals surface area contributed by atoms with Crippen molar-refractivity contribution in [1.29, 1.82) is 0 Å². The number of nitrogens with zero attached hydrogens (tertiary/aromatic N) is 5. The summed E-state index contributed by atoms with van der Waals surface area (Å²) in [6.45, 7) is 2.10. The summed E-state index contributed by atoms with van der Waals surface area (Å²) in [7, 11) is 1.92. The first-order valence-electron chi connectivity index (χ1n) is 8.72. The first-order valence-corrected chi connectivity index (χ1v) is 9.60. The van der Waals surface area contributed by atoms with Gasteiger partial charge in [-0.15, -0.1) is 10.2 Å². The molecule has 7 nitrogen and oxygen atoms in total. The lowest BCUT2D eigenvalue weighted by Gasteiger charge is -2.13. The van der Waals surface area contributed by atoms with E-state index in [0.717, 1.165) is 27.2 Å². The maximum absolute atomic E-state index is 12.6.